The van der Waals surface area contributed by atoms with E-state index in [1.165, 1.54) is 19.1 Å². The number of hydrogen-bond donors (Lipinski definition) is 1. The minimum absolute atomic E-state index is 0.0389. The normalized spacial score (nSPS) is 20.9. The van der Waals surface area contributed by atoms with Crippen molar-refractivity contribution in [3.05, 3.63) is 33.9 Å². The molecule has 22 heavy (non-hydrogen) atoms. The minimum Gasteiger partial charge on any atom is -0.478 e. The number of benzene rings is 1. The van der Waals surface area contributed by atoms with Crippen molar-refractivity contribution in [2.75, 3.05) is 0 Å². The molecule has 0 bridgehead atoms. The fraction of sp³-hybridized carbons (Fsp3) is 0.357. The number of halogens is 5. The van der Waals surface area contributed by atoms with E-state index in [9.17, 15) is 23.1 Å². The van der Waals surface area contributed by atoms with Crippen LogP contribution in [-0.4, -0.2) is 22.9 Å². The average molecular weight is 400 g/mol. The van der Waals surface area contributed by atoms with Crippen LogP contribution in [0, 0.1) is 0 Å². The number of ether oxygens (including phenoxy) is 1. The largest absolute Gasteiger partial charge is 0.478 e. The Bertz CT molecular complexity index is 657. The Morgan fingerprint density at radius 3 is 2.55 bits per heavy atom. The first-order valence-electron chi connectivity index (χ1n) is 6.26. The first kappa shape index (κ1) is 17.1. The lowest BCUT2D eigenvalue weighted by Gasteiger charge is -2.39. The smallest absolute Gasteiger partial charge is 0.432 e. The van der Waals surface area contributed by atoms with E-state index in [4.69, 9.17) is 16.3 Å². The molecular weight excluding hydrogens is 389 g/mol. The van der Waals surface area contributed by atoms with Crippen LogP contribution in [-0.2, 0) is 10.1 Å². The highest BCUT2D eigenvalue weighted by atomic mass is 79.9. The maximum Gasteiger partial charge on any atom is 0.432 e. The van der Waals surface area contributed by atoms with Crippen molar-refractivity contribution < 1.29 is 27.8 Å². The van der Waals surface area contributed by atoms with Crippen molar-refractivity contribution in [1.82, 2.24) is 0 Å². The number of carboxylic acids is 1. The van der Waals surface area contributed by atoms with Crippen LogP contribution in [0.4, 0.5) is 13.2 Å². The van der Waals surface area contributed by atoms with Gasteiger partial charge in [0, 0.05) is 15.9 Å². The van der Waals surface area contributed by atoms with Crippen LogP contribution in [0.25, 0.3) is 6.08 Å². The average Bonchev–Trinajstić information content (AvgIpc) is 2.44. The molecule has 2 rings (SSSR count). The summed E-state index contributed by atoms with van der Waals surface area (Å²) in [7, 11) is 0. The molecule has 3 nitrogen and oxygen atoms in total. The van der Waals surface area contributed by atoms with Crippen LogP contribution in [0.5, 0.6) is 5.75 Å². The Balaban J connectivity index is 2.77. The monoisotopic (exact) mass is 398 g/mol. The van der Waals surface area contributed by atoms with Gasteiger partial charge in [-0.3, -0.25) is 0 Å². The van der Waals surface area contributed by atoms with Gasteiger partial charge in [0.2, 0.25) is 5.60 Å². The van der Waals surface area contributed by atoms with Gasteiger partial charge in [0.05, 0.1) is 5.57 Å². The molecule has 1 aromatic rings. The summed E-state index contributed by atoms with van der Waals surface area (Å²) in [5, 5.41) is 9.81. The Morgan fingerprint density at radius 1 is 1.45 bits per heavy atom. The summed E-state index contributed by atoms with van der Waals surface area (Å²) >= 11 is 9.19. The molecule has 1 heterocycles. The van der Waals surface area contributed by atoms with Crippen LogP contribution in [0.3, 0.4) is 0 Å². The molecule has 1 atom stereocenters. The van der Waals surface area contributed by atoms with E-state index in [0.29, 0.717) is 10.6 Å². The van der Waals surface area contributed by atoms with Gasteiger partial charge in [-0.25, -0.2) is 4.79 Å². The van der Waals surface area contributed by atoms with Gasteiger partial charge in [-0.15, -0.1) is 0 Å². The number of alkyl halides is 4. The predicted molar refractivity (Wildman–Crippen MR) is 79.4 cm³/mol. The van der Waals surface area contributed by atoms with E-state index < -0.39 is 29.7 Å². The first-order chi connectivity index (χ1) is 10.2. The van der Waals surface area contributed by atoms with Gasteiger partial charge >= 0.3 is 12.1 Å². The molecule has 0 saturated heterocycles. The Hall–Kier alpha value is -1.21. The summed E-state index contributed by atoms with van der Waals surface area (Å²) < 4.78 is 45.6. The van der Waals surface area contributed by atoms with Gasteiger partial charge in [-0.2, -0.15) is 13.2 Å². The molecule has 0 amide bonds. The third kappa shape index (κ3) is 2.50. The third-order valence-electron chi connectivity index (χ3n) is 3.59. The maximum atomic E-state index is 13.5. The lowest BCUT2D eigenvalue weighted by molar-refractivity contribution is -0.236. The molecule has 1 aromatic carbocycles. The quantitative estimate of drug-likeness (QED) is 0.742. The van der Waals surface area contributed by atoms with Crippen molar-refractivity contribution >= 4 is 39.6 Å². The van der Waals surface area contributed by atoms with Gasteiger partial charge in [-0.1, -0.05) is 34.5 Å². The zero-order valence-electron chi connectivity index (χ0n) is 11.3. The van der Waals surface area contributed by atoms with Crippen molar-refractivity contribution in [2.24, 2.45) is 0 Å². The lowest BCUT2D eigenvalue weighted by atomic mass is 9.85. The summed E-state index contributed by atoms with van der Waals surface area (Å²) in [4.78, 5) is 11.4. The molecule has 0 fully saturated rings. The zero-order chi connectivity index (χ0) is 16.7. The molecule has 0 spiro atoms. The molecule has 1 unspecified atom stereocenters. The van der Waals surface area contributed by atoms with E-state index in [1.54, 1.807) is 0 Å². The molecule has 0 saturated carbocycles. The van der Waals surface area contributed by atoms with E-state index in [1.807, 2.05) is 0 Å². The fourth-order valence-corrected chi connectivity index (χ4v) is 3.41. The van der Waals surface area contributed by atoms with Gasteiger partial charge in [-0.05, 0) is 30.2 Å². The van der Waals surface area contributed by atoms with Crippen molar-refractivity contribution in [1.29, 1.82) is 0 Å². The van der Waals surface area contributed by atoms with Gasteiger partial charge in [0.15, 0.2) is 0 Å². The maximum absolute atomic E-state index is 13.5. The Morgan fingerprint density at radius 2 is 2.09 bits per heavy atom. The number of hydrogen-bond acceptors (Lipinski definition) is 2. The van der Waals surface area contributed by atoms with Crippen molar-refractivity contribution in [2.45, 2.75) is 30.5 Å². The van der Waals surface area contributed by atoms with Gasteiger partial charge < -0.3 is 9.84 Å². The summed E-state index contributed by atoms with van der Waals surface area (Å²) in [5.41, 5.74) is -3.00. The van der Waals surface area contributed by atoms with Crippen LogP contribution >= 0.6 is 27.5 Å². The number of fused-ring (bicyclic) bond motifs is 1. The van der Waals surface area contributed by atoms with Gasteiger partial charge in [0.1, 0.15) is 5.75 Å². The van der Waals surface area contributed by atoms with E-state index >= 15 is 0 Å². The van der Waals surface area contributed by atoms with Crippen LogP contribution in [0.15, 0.2) is 17.7 Å². The van der Waals surface area contributed by atoms with E-state index in [0.717, 1.165) is 6.08 Å². The predicted octanol–water partition coefficient (Wildman–Crippen LogP) is 4.81. The first-order valence-corrected chi connectivity index (χ1v) is 7.76. The van der Waals surface area contributed by atoms with E-state index in [2.05, 4.69) is 15.9 Å². The summed E-state index contributed by atoms with van der Waals surface area (Å²) in [6, 6.07) is 2.74. The Kier molecular flexibility index (Phi) is 4.50. The zero-order valence-corrected chi connectivity index (χ0v) is 13.6. The van der Waals surface area contributed by atoms with Crippen LogP contribution in [0.2, 0.25) is 5.02 Å². The number of carbonyl (C=O) groups is 1. The number of aliphatic carboxylic acids is 1. The SMILES string of the molecule is CCC1(C(F)(F)F)Oc2ccc(Cl)c(CBr)c2C=C1C(=O)O. The highest BCUT2D eigenvalue weighted by Gasteiger charge is 2.62. The summed E-state index contributed by atoms with van der Waals surface area (Å²) in [6.45, 7) is 1.23. The lowest BCUT2D eigenvalue weighted by Crippen LogP contribution is -2.54. The molecular formula is C14H11BrClF3O3. The molecule has 0 aliphatic carbocycles. The molecule has 1 aliphatic rings. The molecule has 8 heteroatoms. The highest BCUT2D eigenvalue weighted by Crippen LogP contribution is 2.48. The van der Waals surface area contributed by atoms with Crippen LogP contribution < -0.4 is 4.74 Å². The second kappa shape index (κ2) is 5.77. The fourth-order valence-electron chi connectivity index (χ4n) is 2.41. The second-order valence-electron chi connectivity index (χ2n) is 4.71. The minimum atomic E-state index is -4.86. The molecule has 120 valence electrons. The number of carboxylic acid groups (broad SMARTS) is 1. The van der Waals surface area contributed by atoms with E-state index in [-0.39, 0.29) is 16.6 Å². The topological polar surface area (TPSA) is 46.5 Å². The van der Waals surface area contributed by atoms with Crippen molar-refractivity contribution in [3.8, 4) is 5.75 Å². The second-order valence-corrected chi connectivity index (χ2v) is 5.68. The molecule has 1 N–H and O–H groups in total. The van der Waals surface area contributed by atoms with Crippen LogP contribution in [0.1, 0.15) is 24.5 Å². The third-order valence-corrected chi connectivity index (χ3v) is 4.50. The standard InChI is InChI=1S/C14H11BrClF3O3/c1-2-13(14(17,18)19)9(12(20)21)5-7-8(6-15)10(16)3-4-11(7)22-13/h3-5H,2,6H2,1H3,(H,20,21). The number of rotatable bonds is 3. The summed E-state index contributed by atoms with van der Waals surface area (Å²) in [6.07, 6.45) is -4.42. The molecule has 0 aromatic heterocycles. The summed E-state index contributed by atoms with van der Waals surface area (Å²) in [5.74, 6) is -1.71. The Labute approximate surface area is 137 Å². The van der Waals surface area contributed by atoms with Gasteiger partial charge in [0.25, 0.3) is 0 Å². The molecule has 1 aliphatic heterocycles. The molecule has 0 radical (unpaired) electrons. The highest BCUT2D eigenvalue weighted by molar-refractivity contribution is 9.08. The van der Waals surface area contributed by atoms with Crippen molar-refractivity contribution in [3.63, 3.8) is 0 Å².